The molecule has 1 aromatic heterocycles. The zero-order valence-corrected chi connectivity index (χ0v) is 15.0. The number of ether oxygens (including phenoxy) is 1. The summed E-state index contributed by atoms with van der Waals surface area (Å²) in [6, 6.07) is 10.2. The van der Waals surface area contributed by atoms with Crippen LogP contribution in [0.1, 0.15) is 30.0 Å². The molecule has 134 valence electrons. The van der Waals surface area contributed by atoms with Gasteiger partial charge in [0.05, 0.1) is 17.6 Å². The van der Waals surface area contributed by atoms with Crippen molar-refractivity contribution in [1.82, 2.24) is 4.90 Å². The third-order valence-corrected chi connectivity index (χ3v) is 6.04. The number of furan rings is 1. The Hall–Kier alpha value is -2.28. The van der Waals surface area contributed by atoms with E-state index in [9.17, 15) is 13.2 Å². The number of rotatable bonds is 6. The van der Waals surface area contributed by atoms with E-state index >= 15 is 0 Å². The van der Waals surface area contributed by atoms with Crippen LogP contribution in [0.2, 0.25) is 0 Å². The standard InChI is InChI=1S/C18H21NO5S/c1-13(2)24-15-7-5-14(6-8-15)18(20)19-10-17(11-19)25(21,22)12-16-4-3-9-23-16/h3-9,13,17H,10-12H2,1-2H3. The summed E-state index contributed by atoms with van der Waals surface area (Å²) in [5.41, 5.74) is 0.526. The van der Waals surface area contributed by atoms with E-state index in [1.54, 1.807) is 41.3 Å². The fourth-order valence-corrected chi connectivity index (χ4v) is 4.28. The van der Waals surface area contributed by atoms with E-state index < -0.39 is 15.1 Å². The predicted molar refractivity (Wildman–Crippen MR) is 93.2 cm³/mol. The van der Waals surface area contributed by atoms with Crippen LogP contribution in [0.15, 0.2) is 47.1 Å². The molecule has 25 heavy (non-hydrogen) atoms. The van der Waals surface area contributed by atoms with Gasteiger partial charge in [0.25, 0.3) is 5.91 Å². The Bertz CT molecular complexity index is 819. The summed E-state index contributed by atoms with van der Waals surface area (Å²) >= 11 is 0. The van der Waals surface area contributed by atoms with E-state index in [4.69, 9.17) is 9.15 Å². The second-order valence-corrected chi connectivity index (χ2v) is 8.69. The van der Waals surface area contributed by atoms with E-state index in [2.05, 4.69) is 0 Å². The van der Waals surface area contributed by atoms with Gasteiger partial charge in [-0.15, -0.1) is 0 Å². The van der Waals surface area contributed by atoms with Crippen molar-refractivity contribution in [2.24, 2.45) is 0 Å². The van der Waals surface area contributed by atoms with Gasteiger partial charge < -0.3 is 14.1 Å². The molecule has 0 aliphatic carbocycles. The van der Waals surface area contributed by atoms with Crippen molar-refractivity contribution in [3.05, 3.63) is 54.0 Å². The van der Waals surface area contributed by atoms with Crippen molar-refractivity contribution in [2.75, 3.05) is 13.1 Å². The molecular weight excluding hydrogens is 342 g/mol. The number of sulfone groups is 1. The van der Waals surface area contributed by atoms with Crippen molar-refractivity contribution >= 4 is 15.7 Å². The highest BCUT2D eigenvalue weighted by atomic mass is 32.2. The second kappa shape index (κ2) is 6.92. The highest BCUT2D eigenvalue weighted by Gasteiger charge is 2.40. The Labute approximate surface area is 147 Å². The molecule has 0 spiro atoms. The molecule has 1 saturated heterocycles. The van der Waals surface area contributed by atoms with Crippen molar-refractivity contribution in [1.29, 1.82) is 0 Å². The minimum Gasteiger partial charge on any atom is -0.491 e. The highest BCUT2D eigenvalue weighted by molar-refractivity contribution is 7.91. The van der Waals surface area contributed by atoms with Crippen LogP contribution in [0.3, 0.4) is 0 Å². The largest absolute Gasteiger partial charge is 0.491 e. The van der Waals surface area contributed by atoms with Crippen LogP contribution in [0.5, 0.6) is 5.75 Å². The first-order valence-corrected chi connectivity index (χ1v) is 9.86. The normalized spacial score (nSPS) is 15.2. The molecule has 0 N–H and O–H groups in total. The van der Waals surface area contributed by atoms with E-state index in [1.165, 1.54) is 6.26 Å². The molecule has 0 bridgehead atoms. The summed E-state index contributed by atoms with van der Waals surface area (Å²) in [5, 5.41) is -0.537. The van der Waals surface area contributed by atoms with Gasteiger partial charge in [0.1, 0.15) is 17.3 Å². The number of benzene rings is 1. The number of amides is 1. The molecule has 1 aromatic carbocycles. The number of hydrogen-bond donors (Lipinski definition) is 0. The molecule has 7 heteroatoms. The Morgan fingerprint density at radius 3 is 2.48 bits per heavy atom. The van der Waals surface area contributed by atoms with Crippen molar-refractivity contribution in [3.8, 4) is 5.75 Å². The van der Waals surface area contributed by atoms with Crippen molar-refractivity contribution in [3.63, 3.8) is 0 Å². The molecule has 0 atom stereocenters. The van der Waals surface area contributed by atoms with Gasteiger partial charge in [0.2, 0.25) is 0 Å². The quantitative estimate of drug-likeness (QED) is 0.788. The fraction of sp³-hybridized carbons (Fsp3) is 0.389. The summed E-state index contributed by atoms with van der Waals surface area (Å²) in [6.45, 7) is 4.29. The second-order valence-electron chi connectivity index (χ2n) is 6.41. The first-order chi connectivity index (χ1) is 11.8. The first-order valence-electron chi connectivity index (χ1n) is 8.15. The minimum absolute atomic E-state index is 0.0667. The summed E-state index contributed by atoms with van der Waals surface area (Å²) in [4.78, 5) is 14.0. The van der Waals surface area contributed by atoms with Gasteiger partial charge in [-0.1, -0.05) is 0 Å². The molecule has 1 aliphatic heterocycles. The maximum absolute atomic E-state index is 12.4. The molecule has 3 rings (SSSR count). The minimum atomic E-state index is -3.32. The molecule has 2 aromatic rings. The van der Waals surface area contributed by atoms with Gasteiger partial charge >= 0.3 is 0 Å². The number of carbonyl (C=O) groups is 1. The number of nitrogens with zero attached hydrogens (tertiary/aromatic N) is 1. The fourth-order valence-electron chi connectivity index (χ4n) is 2.67. The van der Waals surface area contributed by atoms with Crippen LogP contribution in [0.4, 0.5) is 0 Å². The average Bonchev–Trinajstić information content (AvgIpc) is 2.97. The SMILES string of the molecule is CC(C)Oc1ccc(C(=O)N2CC(S(=O)(=O)Cc3ccco3)C2)cc1. The Balaban J connectivity index is 1.57. The van der Waals surface area contributed by atoms with E-state index in [0.29, 0.717) is 17.1 Å². The monoisotopic (exact) mass is 363 g/mol. The van der Waals surface area contributed by atoms with E-state index in [0.717, 1.165) is 0 Å². The molecule has 0 unspecified atom stereocenters. The lowest BCUT2D eigenvalue weighted by Crippen LogP contribution is -2.57. The lowest BCUT2D eigenvalue weighted by molar-refractivity contribution is 0.0658. The summed E-state index contributed by atoms with van der Waals surface area (Å²) < 4.78 is 35.3. The lowest BCUT2D eigenvalue weighted by Gasteiger charge is -2.38. The smallest absolute Gasteiger partial charge is 0.253 e. The first kappa shape index (κ1) is 17.5. The molecular formula is C18H21NO5S. The van der Waals surface area contributed by atoms with Crippen LogP contribution in [-0.2, 0) is 15.6 Å². The number of hydrogen-bond acceptors (Lipinski definition) is 5. The average molecular weight is 363 g/mol. The van der Waals surface area contributed by atoms with Gasteiger partial charge in [-0.05, 0) is 50.2 Å². The topological polar surface area (TPSA) is 76.8 Å². The highest BCUT2D eigenvalue weighted by Crippen LogP contribution is 2.23. The van der Waals surface area contributed by atoms with Gasteiger partial charge in [0, 0.05) is 18.7 Å². The molecule has 0 saturated carbocycles. The Morgan fingerprint density at radius 1 is 1.24 bits per heavy atom. The molecule has 6 nitrogen and oxygen atoms in total. The van der Waals surface area contributed by atoms with Crippen LogP contribution in [0, 0.1) is 0 Å². The third-order valence-electron chi connectivity index (χ3n) is 4.04. The van der Waals surface area contributed by atoms with Gasteiger partial charge in [-0.2, -0.15) is 0 Å². The van der Waals surface area contributed by atoms with Crippen molar-refractivity contribution < 1.29 is 22.4 Å². The van der Waals surface area contributed by atoms with Gasteiger partial charge in [-0.3, -0.25) is 4.79 Å². The zero-order chi connectivity index (χ0) is 18.0. The van der Waals surface area contributed by atoms with Crippen LogP contribution in [-0.4, -0.2) is 43.7 Å². The summed E-state index contributed by atoms with van der Waals surface area (Å²) in [6.07, 6.45) is 1.52. The molecule has 1 amide bonds. The maximum Gasteiger partial charge on any atom is 0.253 e. The Kier molecular flexibility index (Phi) is 4.85. The van der Waals surface area contributed by atoms with Crippen molar-refractivity contribution in [2.45, 2.75) is 31.0 Å². The van der Waals surface area contributed by atoms with E-state index in [1.807, 2.05) is 13.8 Å². The van der Waals surface area contributed by atoms with Crippen LogP contribution < -0.4 is 4.74 Å². The third kappa shape index (κ3) is 4.04. The van der Waals surface area contributed by atoms with Crippen LogP contribution in [0.25, 0.3) is 0 Å². The molecule has 1 fully saturated rings. The number of carbonyl (C=O) groups excluding carboxylic acids is 1. The van der Waals surface area contributed by atoms with E-state index in [-0.39, 0.29) is 30.9 Å². The maximum atomic E-state index is 12.4. The predicted octanol–water partition coefficient (Wildman–Crippen LogP) is 2.51. The molecule has 2 heterocycles. The Morgan fingerprint density at radius 2 is 1.92 bits per heavy atom. The molecule has 1 aliphatic rings. The van der Waals surface area contributed by atoms with Gasteiger partial charge in [-0.25, -0.2) is 8.42 Å². The molecule has 0 radical (unpaired) electrons. The lowest BCUT2D eigenvalue weighted by atomic mass is 10.1. The summed E-state index contributed by atoms with van der Waals surface area (Å²) in [5.74, 6) is 0.827. The summed E-state index contributed by atoms with van der Waals surface area (Å²) in [7, 11) is -3.32. The van der Waals surface area contributed by atoms with Gasteiger partial charge in [0.15, 0.2) is 9.84 Å². The van der Waals surface area contributed by atoms with Crippen LogP contribution >= 0.6 is 0 Å². The number of likely N-dealkylation sites (tertiary alicyclic amines) is 1. The zero-order valence-electron chi connectivity index (χ0n) is 14.2.